The molecule has 0 radical (unpaired) electrons. The second-order valence-corrected chi connectivity index (χ2v) is 9.42. The summed E-state index contributed by atoms with van der Waals surface area (Å²) in [6, 6.07) is 8.01. The van der Waals surface area contributed by atoms with E-state index in [1.165, 1.54) is 5.56 Å². The summed E-state index contributed by atoms with van der Waals surface area (Å²) in [5, 5.41) is 0. The number of morpholine rings is 1. The Labute approximate surface area is 163 Å². The zero-order valence-corrected chi connectivity index (χ0v) is 17.3. The van der Waals surface area contributed by atoms with Gasteiger partial charge in [0.2, 0.25) is 0 Å². The van der Waals surface area contributed by atoms with Gasteiger partial charge < -0.3 is 9.47 Å². The first kappa shape index (κ1) is 20.5. The number of nitrogens with zero attached hydrogens (tertiary/aromatic N) is 3. The first-order valence-electron chi connectivity index (χ1n) is 9.67. The normalized spacial score (nSPS) is 26.2. The quantitative estimate of drug-likeness (QED) is 0.725. The van der Waals surface area contributed by atoms with E-state index in [4.69, 9.17) is 9.47 Å². The Morgan fingerprint density at radius 3 is 2.37 bits per heavy atom. The Balaban J connectivity index is 1.45. The first-order valence-corrected chi connectivity index (χ1v) is 11.1. The van der Waals surface area contributed by atoms with E-state index >= 15 is 0 Å². The molecule has 1 aromatic rings. The monoisotopic (exact) mass is 397 g/mol. The lowest BCUT2D eigenvalue weighted by molar-refractivity contribution is -0.0457. The van der Waals surface area contributed by atoms with Crippen molar-refractivity contribution in [3.63, 3.8) is 0 Å². The third-order valence-corrected chi connectivity index (χ3v) is 7.00. The molecule has 7 nitrogen and oxygen atoms in total. The lowest BCUT2D eigenvalue weighted by atomic mass is 10.2. The van der Waals surface area contributed by atoms with Crippen molar-refractivity contribution in [1.29, 1.82) is 0 Å². The topological polar surface area (TPSA) is 62.3 Å². The lowest BCUT2D eigenvalue weighted by Crippen LogP contribution is -2.57. The highest BCUT2D eigenvalue weighted by molar-refractivity contribution is 7.86. The Morgan fingerprint density at radius 1 is 1.07 bits per heavy atom. The maximum absolute atomic E-state index is 12.9. The summed E-state index contributed by atoms with van der Waals surface area (Å²) in [4.78, 5) is 2.26. The summed E-state index contributed by atoms with van der Waals surface area (Å²) in [5.41, 5.74) is 1.18. The van der Waals surface area contributed by atoms with Gasteiger partial charge in [0.25, 0.3) is 10.2 Å². The zero-order valence-electron chi connectivity index (χ0n) is 16.5. The molecule has 0 bridgehead atoms. The van der Waals surface area contributed by atoms with Crippen LogP contribution in [0.25, 0.3) is 0 Å². The van der Waals surface area contributed by atoms with Gasteiger partial charge in [0.1, 0.15) is 12.4 Å². The molecule has 0 spiro atoms. The Bertz CT molecular complexity index is 709. The molecular formula is C19H31N3O4S. The fourth-order valence-corrected chi connectivity index (χ4v) is 5.41. The van der Waals surface area contributed by atoms with Crippen molar-refractivity contribution in [2.45, 2.75) is 33.0 Å². The highest BCUT2D eigenvalue weighted by Crippen LogP contribution is 2.19. The van der Waals surface area contributed by atoms with Crippen LogP contribution in [0.1, 0.15) is 19.4 Å². The number of rotatable bonds is 6. The Kier molecular flexibility index (Phi) is 6.75. The number of benzene rings is 1. The molecule has 0 N–H and O–H groups in total. The van der Waals surface area contributed by atoms with Crippen LogP contribution in [0, 0.1) is 6.92 Å². The minimum atomic E-state index is -3.41. The van der Waals surface area contributed by atoms with E-state index in [-0.39, 0.29) is 12.2 Å². The average molecular weight is 398 g/mol. The maximum Gasteiger partial charge on any atom is 0.282 e. The fourth-order valence-electron chi connectivity index (χ4n) is 3.66. The largest absolute Gasteiger partial charge is 0.492 e. The molecule has 2 saturated heterocycles. The number of aryl methyl sites for hydroxylation is 1. The van der Waals surface area contributed by atoms with Gasteiger partial charge in [-0.05, 0) is 38.5 Å². The molecule has 152 valence electrons. The average Bonchev–Trinajstić information content (AvgIpc) is 2.61. The van der Waals surface area contributed by atoms with E-state index < -0.39 is 10.2 Å². The van der Waals surface area contributed by atoms with Crippen LogP contribution in [-0.4, -0.2) is 86.6 Å². The molecule has 0 saturated carbocycles. The van der Waals surface area contributed by atoms with Crippen molar-refractivity contribution in [3.05, 3.63) is 29.8 Å². The molecule has 2 fully saturated rings. The summed E-state index contributed by atoms with van der Waals surface area (Å²) < 4.78 is 40.5. The lowest BCUT2D eigenvalue weighted by Gasteiger charge is -2.40. The second kappa shape index (κ2) is 8.87. The van der Waals surface area contributed by atoms with Gasteiger partial charge in [0, 0.05) is 45.8 Å². The summed E-state index contributed by atoms with van der Waals surface area (Å²) in [6.45, 7) is 10.6. The maximum atomic E-state index is 12.9. The molecule has 2 heterocycles. The van der Waals surface area contributed by atoms with Crippen LogP contribution in [0.3, 0.4) is 0 Å². The van der Waals surface area contributed by atoms with E-state index in [0.717, 1.165) is 25.4 Å². The van der Waals surface area contributed by atoms with Crippen molar-refractivity contribution in [2.24, 2.45) is 0 Å². The molecule has 8 heteroatoms. The van der Waals surface area contributed by atoms with Crippen molar-refractivity contribution in [3.8, 4) is 5.75 Å². The predicted octanol–water partition coefficient (Wildman–Crippen LogP) is 1.35. The summed E-state index contributed by atoms with van der Waals surface area (Å²) >= 11 is 0. The molecule has 0 unspecified atom stereocenters. The van der Waals surface area contributed by atoms with Crippen LogP contribution < -0.4 is 4.74 Å². The van der Waals surface area contributed by atoms with E-state index in [0.29, 0.717) is 32.8 Å². The smallest absolute Gasteiger partial charge is 0.282 e. The molecule has 0 amide bonds. The molecule has 2 atom stereocenters. The third kappa shape index (κ3) is 5.42. The van der Waals surface area contributed by atoms with Crippen molar-refractivity contribution < 1.29 is 17.9 Å². The van der Waals surface area contributed by atoms with E-state index in [9.17, 15) is 8.42 Å². The van der Waals surface area contributed by atoms with Gasteiger partial charge >= 0.3 is 0 Å². The third-order valence-electron chi connectivity index (χ3n) is 5.04. The molecule has 3 rings (SSSR count). The summed E-state index contributed by atoms with van der Waals surface area (Å²) in [7, 11) is -3.41. The van der Waals surface area contributed by atoms with Crippen LogP contribution in [-0.2, 0) is 14.9 Å². The molecule has 27 heavy (non-hydrogen) atoms. The molecule has 2 aliphatic heterocycles. The number of hydrogen-bond acceptors (Lipinski definition) is 5. The molecule has 0 aromatic heterocycles. The number of ether oxygens (including phenoxy) is 2. The van der Waals surface area contributed by atoms with Gasteiger partial charge in [-0.2, -0.15) is 17.0 Å². The number of hydrogen-bond donors (Lipinski definition) is 0. The van der Waals surface area contributed by atoms with Crippen molar-refractivity contribution >= 4 is 10.2 Å². The van der Waals surface area contributed by atoms with E-state index in [1.807, 2.05) is 45.0 Å². The van der Waals surface area contributed by atoms with Gasteiger partial charge in [-0.1, -0.05) is 12.1 Å². The van der Waals surface area contributed by atoms with Gasteiger partial charge in [0.15, 0.2) is 0 Å². The van der Waals surface area contributed by atoms with E-state index in [1.54, 1.807) is 8.61 Å². The molecular weight excluding hydrogens is 366 g/mol. The molecule has 2 aliphatic rings. The van der Waals surface area contributed by atoms with Crippen LogP contribution in [0.5, 0.6) is 5.75 Å². The van der Waals surface area contributed by atoms with Crippen LogP contribution in [0.2, 0.25) is 0 Å². The second-order valence-electron chi connectivity index (χ2n) is 7.49. The highest BCUT2D eigenvalue weighted by Gasteiger charge is 2.36. The van der Waals surface area contributed by atoms with Gasteiger partial charge in [-0.15, -0.1) is 0 Å². The summed E-state index contributed by atoms with van der Waals surface area (Å²) in [6.07, 6.45) is -0.132. The van der Waals surface area contributed by atoms with Gasteiger partial charge in [-0.25, -0.2) is 0 Å². The Hall–Kier alpha value is -1.19. The fraction of sp³-hybridized carbons (Fsp3) is 0.684. The van der Waals surface area contributed by atoms with Crippen molar-refractivity contribution in [1.82, 2.24) is 13.5 Å². The van der Waals surface area contributed by atoms with E-state index in [2.05, 4.69) is 4.90 Å². The predicted molar refractivity (Wildman–Crippen MR) is 105 cm³/mol. The first-order chi connectivity index (χ1) is 12.8. The molecule has 0 aliphatic carbocycles. The Morgan fingerprint density at radius 2 is 1.74 bits per heavy atom. The van der Waals surface area contributed by atoms with Crippen LogP contribution in [0.4, 0.5) is 0 Å². The number of piperazine rings is 1. The van der Waals surface area contributed by atoms with Gasteiger partial charge in [-0.3, -0.25) is 4.90 Å². The van der Waals surface area contributed by atoms with Crippen LogP contribution >= 0.6 is 0 Å². The van der Waals surface area contributed by atoms with Gasteiger partial charge in [0.05, 0.1) is 12.2 Å². The minimum absolute atomic E-state index is 0.0661. The SMILES string of the molecule is Cc1cccc(OCCN2CCN(S(=O)(=O)N3C[C@H](C)O[C@@H](C)C3)CC2)c1. The summed E-state index contributed by atoms with van der Waals surface area (Å²) in [5.74, 6) is 0.881. The van der Waals surface area contributed by atoms with Crippen molar-refractivity contribution in [2.75, 3.05) is 52.4 Å². The molecule has 1 aromatic carbocycles. The van der Waals surface area contributed by atoms with Crippen LogP contribution in [0.15, 0.2) is 24.3 Å². The zero-order chi connectivity index (χ0) is 19.4. The minimum Gasteiger partial charge on any atom is -0.492 e. The highest BCUT2D eigenvalue weighted by atomic mass is 32.2. The standard InChI is InChI=1S/C19H31N3O4S/c1-16-5-4-6-19(13-16)25-12-11-20-7-9-21(10-8-20)27(23,24)22-14-17(2)26-18(3)15-22/h4-6,13,17-18H,7-12,14-15H2,1-3H3/t17-,18-/m0/s1.